The van der Waals surface area contributed by atoms with Crippen molar-refractivity contribution >= 4 is 22.6 Å². The first kappa shape index (κ1) is 14.8. The second-order valence-corrected chi connectivity index (χ2v) is 6.38. The highest BCUT2D eigenvalue weighted by molar-refractivity contribution is 6.22. The van der Waals surface area contributed by atoms with E-state index in [2.05, 4.69) is 30.3 Å². The largest absolute Gasteiger partial charge is 0.289 e. The summed E-state index contributed by atoms with van der Waals surface area (Å²) in [5.41, 5.74) is 5.69. The second kappa shape index (κ2) is 5.78. The minimum atomic E-state index is 0.0484. The zero-order valence-electron chi connectivity index (χ0n) is 14.0. The van der Waals surface area contributed by atoms with E-state index in [-0.39, 0.29) is 5.78 Å². The van der Waals surface area contributed by atoms with Gasteiger partial charge in [0.25, 0.3) is 0 Å². The van der Waals surface area contributed by atoms with E-state index < -0.39 is 0 Å². The summed E-state index contributed by atoms with van der Waals surface area (Å²) in [6, 6.07) is 26.2. The van der Waals surface area contributed by atoms with Crippen LogP contribution in [0.3, 0.4) is 0 Å². The maximum Gasteiger partial charge on any atom is 0.186 e. The van der Waals surface area contributed by atoms with E-state index in [0.29, 0.717) is 0 Å². The highest BCUT2D eigenvalue weighted by atomic mass is 16.1. The third-order valence-corrected chi connectivity index (χ3v) is 4.83. The van der Waals surface area contributed by atoms with Gasteiger partial charge in [0.1, 0.15) is 0 Å². The highest BCUT2D eigenvalue weighted by Crippen LogP contribution is 2.39. The van der Waals surface area contributed by atoms with Gasteiger partial charge in [-0.3, -0.25) is 4.79 Å². The number of pyridine rings is 1. The van der Waals surface area contributed by atoms with Crippen LogP contribution in [0.1, 0.15) is 15.9 Å². The van der Waals surface area contributed by atoms with Crippen LogP contribution in [-0.4, -0.2) is 10.8 Å². The summed E-state index contributed by atoms with van der Waals surface area (Å²) in [4.78, 5) is 17.5. The molecule has 1 heterocycles. The van der Waals surface area contributed by atoms with Crippen LogP contribution >= 0.6 is 0 Å². The molecular formula is C24H15NO. The standard InChI is InChI=1S/C24H15NO/c26-21-15-14-20-22-18(21)12-7-13-19(22)23(16-8-3-1-4-9-16)25-24(20)17-10-5-2-6-11-17/h1-15H. The summed E-state index contributed by atoms with van der Waals surface area (Å²) in [6.45, 7) is 0. The Balaban J connectivity index is 1.95. The van der Waals surface area contributed by atoms with Crippen molar-refractivity contribution in [2.24, 2.45) is 0 Å². The zero-order chi connectivity index (χ0) is 17.5. The molecule has 3 aromatic carbocycles. The Morgan fingerprint density at radius 2 is 1.27 bits per heavy atom. The van der Waals surface area contributed by atoms with Crippen molar-refractivity contribution in [3.8, 4) is 22.5 Å². The van der Waals surface area contributed by atoms with Crippen LogP contribution < -0.4 is 0 Å². The molecule has 1 aliphatic rings. The number of carbonyl (C=O) groups excluding carboxylic acids is 1. The maximum atomic E-state index is 12.5. The van der Waals surface area contributed by atoms with Crippen LogP contribution in [0.5, 0.6) is 0 Å². The summed E-state index contributed by atoms with van der Waals surface area (Å²) in [7, 11) is 0. The van der Waals surface area contributed by atoms with Gasteiger partial charge in [-0.1, -0.05) is 78.9 Å². The van der Waals surface area contributed by atoms with E-state index in [9.17, 15) is 4.79 Å². The number of nitrogens with zero attached hydrogens (tertiary/aromatic N) is 1. The van der Waals surface area contributed by atoms with Crippen LogP contribution in [0.15, 0.2) is 84.9 Å². The van der Waals surface area contributed by atoms with Gasteiger partial charge in [0, 0.05) is 33.0 Å². The van der Waals surface area contributed by atoms with Gasteiger partial charge in [-0.25, -0.2) is 4.98 Å². The van der Waals surface area contributed by atoms with E-state index in [1.165, 1.54) is 0 Å². The van der Waals surface area contributed by atoms with Crippen molar-refractivity contribution in [3.05, 3.63) is 96.1 Å². The molecule has 5 rings (SSSR count). The molecule has 0 unspecified atom stereocenters. The molecule has 0 fully saturated rings. The molecule has 0 saturated heterocycles. The smallest absolute Gasteiger partial charge is 0.186 e. The van der Waals surface area contributed by atoms with Crippen molar-refractivity contribution in [3.63, 3.8) is 0 Å². The van der Waals surface area contributed by atoms with Gasteiger partial charge >= 0.3 is 0 Å². The molecule has 1 aliphatic carbocycles. The number of ketones is 1. The molecule has 1 aromatic heterocycles. The van der Waals surface area contributed by atoms with Gasteiger partial charge in [0.2, 0.25) is 0 Å². The number of carbonyl (C=O) groups is 1. The van der Waals surface area contributed by atoms with E-state index in [4.69, 9.17) is 4.98 Å². The van der Waals surface area contributed by atoms with Crippen molar-refractivity contribution in [2.45, 2.75) is 0 Å². The lowest BCUT2D eigenvalue weighted by molar-refractivity contribution is 0.104. The van der Waals surface area contributed by atoms with Gasteiger partial charge in [0.05, 0.1) is 11.4 Å². The van der Waals surface area contributed by atoms with Crippen LogP contribution in [0.4, 0.5) is 0 Å². The molecular weight excluding hydrogens is 318 g/mol. The average molecular weight is 333 g/mol. The maximum absolute atomic E-state index is 12.5. The van der Waals surface area contributed by atoms with Crippen LogP contribution in [0.25, 0.3) is 39.4 Å². The lowest BCUT2D eigenvalue weighted by atomic mass is 9.88. The first-order chi connectivity index (χ1) is 12.8. The predicted octanol–water partition coefficient (Wildman–Crippen LogP) is 5.78. The molecule has 0 radical (unpaired) electrons. The topological polar surface area (TPSA) is 30.0 Å². The third-order valence-electron chi connectivity index (χ3n) is 4.83. The van der Waals surface area contributed by atoms with Crippen LogP contribution in [-0.2, 0) is 0 Å². The molecule has 0 aliphatic heterocycles. The number of rotatable bonds is 2. The summed E-state index contributed by atoms with van der Waals surface area (Å²) in [5.74, 6) is 0.0484. The molecule has 0 spiro atoms. The third kappa shape index (κ3) is 2.20. The molecule has 2 nitrogen and oxygen atoms in total. The number of benzene rings is 3. The molecule has 0 N–H and O–H groups in total. The number of aromatic nitrogens is 1. The molecule has 0 atom stereocenters. The fourth-order valence-electron chi connectivity index (χ4n) is 3.64. The first-order valence-corrected chi connectivity index (χ1v) is 8.63. The van der Waals surface area contributed by atoms with Crippen LogP contribution in [0.2, 0.25) is 0 Å². The first-order valence-electron chi connectivity index (χ1n) is 8.63. The second-order valence-electron chi connectivity index (χ2n) is 6.38. The molecule has 4 aromatic rings. The molecule has 2 heteroatoms. The number of hydrogen-bond acceptors (Lipinski definition) is 2. The molecule has 0 bridgehead atoms. The lowest BCUT2D eigenvalue weighted by Crippen LogP contribution is -2.05. The fourth-order valence-corrected chi connectivity index (χ4v) is 3.64. The summed E-state index contributed by atoms with van der Waals surface area (Å²) < 4.78 is 0. The van der Waals surface area contributed by atoms with Crippen molar-refractivity contribution in [1.29, 1.82) is 0 Å². The Morgan fingerprint density at radius 3 is 1.96 bits per heavy atom. The van der Waals surface area contributed by atoms with E-state index in [1.54, 1.807) is 6.08 Å². The van der Waals surface area contributed by atoms with Gasteiger partial charge < -0.3 is 0 Å². The average Bonchev–Trinajstić information content (AvgIpc) is 2.72. The Morgan fingerprint density at radius 1 is 0.615 bits per heavy atom. The van der Waals surface area contributed by atoms with Gasteiger partial charge in [-0.05, 0) is 12.2 Å². The van der Waals surface area contributed by atoms with E-state index in [0.717, 1.165) is 44.4 Å². The zero-order valence-corrected chi connectivity index (χ0v) is 14.0. The van der Waals surface area contributed by atoms with Crippen molar-refractivity contribution < 1.29 is 4.79 Å². The highest BCUT2D eigenvalue weighted by Gasteiger charge is 2.22. The minimum absolute atomic E-state index is 0.0484. The molecule has 0 saturated carbocycles. The Labute approximate surface area is 151 Å². The Bertz CT molecular complexity index is 1180. The summed E-state index contributed by atoms with van der Waals surface area (Å²) in [5, 5.41) is 2.01. The van der Waals surface area contributed by atoms with Crippen molar-refractivity contribution in [2.75, 3.05) is 0 Å². The molecule has 26 heavy (non-hydrogen) atoms. The summed E-state index contributed by atoms with van der Waals surface area (Å²) >= 11 is 0. The Kier molecular flexibility index (Phi) is 3.29. The Hall–Kier alpha value is -3.52. The SMILES string of the molecule is O=C1C=Cc2c(-c3ccccc3)nc(-c3ccccc3)c3cccc1c23. The fraction of sp³-hybridized carbons (Fsp3) is 0. The monoisotopic (exact) mass is 333 g/mol. The quantitative estimate of drug-likeness (QED) is 0.465. The molecule has 122 valence electrons. The van der Waals surface area contributed by atoms with Crippen molar-refractivity contribution in [1.82, 2.24) is 4.98 Å². The number of hydrogen-bond donors (Lipinski definition) is 0. The predicted molar refractivity (Wildman–Crippen MR) is 106 cm³/mol. The van der Waals surface area contributed by atoms with Gasteiger partial charge in [-0.2, -0.15) is 0 Å². The lowest BCUT2D eigenvalue weighted by Gasteiger charge is -2.18. The van der Waals surface area contributed by atoms with Gasteiger partial charge in [-0.15, -0.1) is 0 Å². The minimum Gasteiger partial charge on any atom is -0.289 e. The number of allylic oxidation sites excluding steroid dienone is 1. The van der Waals surface area contributed by atoms with E-state index >= 15 is 0 Å². The van der Waals surface area contributed by atoms with Gasteiger partial charge in [0.15, 0.2) is 5.78 Å². The normalized spacial score (nSPS) is 12.5. The van der Waals surface area contributed by atoms with E-state index in [1.807, 2.05) is 54.6 Å². The van der Waals surface area contributed by atoms with Crippen LogP contribution in [0, 0.1) is 0 Å². The molecule has 0 amide bonds. The summed E-state index contributed by atoms with van der Waals surface area (Å²) in [6.07, 6.45) is 3.55.